The highest BCUT2D eigenvalue weighted by Gasteiger charge is 2.22. The van der Waals surface area contributed by atoms with Crippen LogP contribution in [0.15, 0.2) is 17.5 Å². The molecule has 2 heterocycles. The van der Waals surface area contributed by atoms with Crippen LogP contribution in [0, 0.1) is 5.92 Å². The Balaban J connectivity index is 2.08. The summed E-state index contributed by atoms with van der Waals surface area (Å²) in [5.74, 6) is 0.150. The monoisotopic (exact) mass is 310 g/mol. The van der Waals surface area contributed by atoms with Gasteiger partial charge in [-0.1, -0.05) is 31.3 Å². The number of nitrogens with zero attached hydrogens (tertiary/aromatic N) is 2. The molecular weight excluding hydrogens is 292 g/mol. The van der Waals surface area contributed by atoms with Crippen molar-refractivity contribution in [2.75, 3.05) is 11.9 Å². The van der Waals surface area contributed by atoms with Crippen LogP contribution in [-0.4, -0.2) is 22.6 Å². The number of thiophene rings is 1. The summed E-state index contributed by atoms with van der Waals surface area (Å²) in [5, 5.41) is 17.0. The number of rotatable bonds is 6. The van der Waals surface area contributed by atoms with Gasteiger partial charge in [-0.05, 0) is 24.3 Å². The number of carbonyl (C=O) groups is 1. The molecule has 20 heavy (non-hydrogen) atoms. The third kappa shape index (κ3) is 3.55. The van der Waals surface area contributed by atoms with Gasteiger partial charge in [-0.2, -0.15) is 0 Å². The van der Waals surface area contributed by atoms with Crippen molar-refractivity contribution < 1.29 is 4.79 Å². The first-order valence-electron chi connectivity index (χ1n) is 6.53. The maximum Gasteiger partial charge on any atom is 0.282 e. The molecule has 0 fully saturated rings. The van der Waals surface area contributed by atoms with Gasteiger partial charge in [-0.25, -0.2) is 0 Å². The third-order valence-electron chi connectivity index (χ3n) is 2.75. The van der Waals surface area contributed by atoms with Crippen LogP contribution in [0.25, 0.3) is 0 Å². The first-order valence-corrected chi connectivity index (χ1v) is 8.23. The van der Waals surface area contributed by atoms with Crippen molar-refractivity contribution in [2.24, 2.45) is 5.92 Å². The van der Waals surface area contributed by atoms with Crippen LogP contribution < -0.4 is 10.6 Å². The topological polar surface area (TPSA) is 66.9 Å². The Labute approximate surface area is 126 Å². The predicted octanol–water partition coefficient (Wildman–Crippen LogP) is 3.16. The van der Waals surface area contributed by atoms with Crippen LogP contribution in [0.1, 0.15) is 41.5 Å². The molecule has 0 radical (unpaired) electrons. The molecule has 2 aromatic rings. The fraction of sp³-hybridized carbons (Fsp3) is 0.462. The van der Waals surface area contributed by atoms with Gasteiger partial charge in [0, 0.05) is 11.4 Å². The second-order valence-electron chi connectivity index (χ2n) is 4.65. The van der Waals surface area contributed by atoms with Crippen LogP contribution >= 0.6 is 22.7 Å². The highest BCUT2D eigenvalue weighted by Crippen LogP contribution is 2.26. The highest BCUT2D eigenvalue weighted by atomic mass is 32.1. The molecule has 0 saturated heterocycles. The second-order valence-corrected chi connectivity index (χ2v) is 6.61. The van der Waals surface area contributed by atoms with Crippen LogP contribution in [0.5, 0.6) is 0 Å². The molecule has 0 aliphatic heterocycles. The summed E-state index contributed by atoms with van der Waals surface area (Å²) in [7, 11) is 0. The van der Waals surface area contributed by atoms with E-state index in [1.807, 2.05) is 24.4 Å². The van der Waals surface area contributed by atoms with Gasteiger partial charge >= 0.3 is 0 Å². The average Bonchev–Trinajstić information content (AvgIpc) is 3.06. The van der Waals surface area contributed by atoms with Crippen LogP contribution in [-0.2, 0) is 0 Å². The lowest BCUT2D eigenvalue weighted by Crippen LogP contribution is -2.31. The van der Waals surface area contributed by atoms with Crippen LogP contribution in [0.4, 0.5) is 5.13 Å². The van der Waals surface area contributed by atoms with Crippen molar-refractivity contribution in [2.45, 2.75) is 26.8 Å². The number of amides is 1. The van der Waals surface area contributed by atoms with E-state index in [1.165, 1.54) is 11.3 Å². The minimum Gasteiger partial charge on any atom is -0.360 e. The standard InChI is InChI=1S/C13H18N4OS2/c1-4-14-13-17-16-12(20-13)11(18)15-10(8(2)3)9-6-5-7-19-9/h5-8,10H,4H2,1-3H3,(H,14,17)(H,15,18). The van der Waals surface area contributed by atoms with E-state index in [4.69, 9.17) is 0 Å². The maximum atomic E-state index is 12.2. The molecule has 1 amide bonds. The molecule has 2 N–H and O–H groups in total. The molecule has 108 valence electrons. The van der Waals surface area contributed by atoms with Crippen molar-refractivity contribution in [1.82, 2.24) is 15.5 Å². The summed E-state index contributed by atoms with van der Waals surface area (Å²) in [4.78, 5) is 13.4. The van der Waals surface area contributed by atoms with Crippen molar-refractivity contribution >= 4 is 33.7 Å². The van der Waals surface area contributed by atoms with E-state index in [2.05, 4.69) is 34.7 Å². The van der Waals surface area contributed by atoms with Gasteiger partial charge in [0.2, 0.25) is 10.1 Å². The van der Waals surface area contributed by atoms with Gasteiger partial charge in [0.15, 0.2) is 0 Å². The second kappa shape index (κ2) is 6.81. The SMILES string of the molecule is CCNc1nnc(C(=O)NC(c2cccs2)C(C)C)s1. The van der Waals surface area contributed by atoms with Crippen molar-refractivity contribution in [3.63, 3.8) is 0 Å². The molecular formula is C13H18N4OS2. The molecule has 1 atom stereocenters. The van der Waals surface area contributed by atoms with Gasteiger partial charge in [0.1, 0.15) is 0 Å². The first kappa shape index (κ1) is 14.9. The van der Waals surface area contributed by atoms with Gasteiger partial charge < -0.3 is 10.6 Å². The number of nitrogens with one attached hydrogen (secondary N) is 2. The molecule has 0 saturated carbocycles. The van der Waals surface area contributed by atoms with E-state index in [0.29, 0.717) is 16.1 Å². The fourth-order valence-electron chi connectivity index (χ4n) is 1.78. The van der Waals surface area contributed by atoms with Gasteiger partial charge in [-0.3, -0.25) is 4.79 Å². The minimum absolute atomic E-state index is 0.00832. The Morgan fingerprint density at radius 3 is 2.80 bits per heavy atom. The molecule has 5 nitrogen and oxygen atoms in total. The summed E-state index contributed by atoms with van der Waals surface area (Å²) in [6, 6.07) is 4.05. The van der Waals surface area contributed by atoms with E-state index >= 15 is 0 Å². The minimum atomic E-state index is -0.168. The quantitative estimate of drug-likeness (QED) is 0.860. The number of hydrogen-bond donors (Lipinski definition) is 2. The highest BCUT2D eigenvalue weighted by molar-refractivity contribution is 7.17. The summed E-state index contributed by atoms with van der Waals surface area (Å²) < 4.78 is 0. The number of carbonyl (C=O) groups excluding carboxylic acids is 1. The van der Waals surface area contributed by atoms with Crippen LogP contribution in [0.3, 0.4) is 0 Å². The summed E-state index contributed by atoms with van der Waals surface area (Å²) in [6.07, 6.45) is 0. The largest absolute Gasteiger partial charge is 0.360 e. The first-order chi connectivity index (χ1) is 9.61. The number of aromatic nitrogens is 2. The molecule has 0 aromatic carbocycles. The Bertz CT molecular complexity index is 550. The van der Waals surface area contributed by atoms with Crippen LogP contribution in [0.2, 0.25) is 0 Å². The van der Waals surface area contributed by atoms with Gasteiger partial charge in [0.25, 0.3) is 5.91 Å². The molecule has 0 bridgehead atoms. The Morgan fingerprint density at radius 2 is 2.20 bits per heavy atom. The lowest BCUT2D eigenvalue weighted by atomic mass is 10.0. The lowest BCUT2D eigenvalue weighted by molar-refractivity contribution is 0.0925. The van der Waals surface area contributed by atoms with Crippen molar-refractivity contribution in [3.8, 4) is 0 Å². The molecule has 2 rings (SSSR count). The van der Waals surface area contributed by atoms with Crippen molar-refractivity contribution in [3.05, 3.63) is 27.4 Å². The smallest absolute Gasteiger partial charge is 0.282 e. The zero-order chi connectivity index (χ0) is 14.5. The summed E-state index contributed by atoms with van der Waals surface area (Å²) in [5.41, 5.74) is 0. The number of hydrogen-bond acceptors (Lipinski definition) is 6. The van der Waals surface area contributed by atoms with E-state index in [-0.39, 0.29) is 11.9 Å². The zero-order valence-electron chi connectivity index (χ0n) is 11.7. The molecule has 0 aliphatic rings. The van der Waals surface area contributed by atoms with E-state index in [1.54, 1.807) is 11.3 Å². The molecule has 0 spiro atoms. The Morgan fingerprint density at radius 1 is 1.40 bits per heavy atom. The van der Waals surface area contributed by atoms with E-state index < -0.39 is 0 Å². The molecule has 0 aliphatic carbocycles. The lowest BCUT2D eigenvalue weighted by Gasteiger charge is -2.20. The van der Waals surface area contributed by atoms with Crippen molar-refractivity contribution in [1.29, 1.82) is 0 Å². The Kier molecular flexibility index (Phi) is 5.08. The fourth-order valence-corrected chi connectivity index (χ4v) is 3.44. The third-order valence-corrected chi connectivity index (χ3v) is 4.59. The normalized spacial score (nSPS) is 12.4. The maximum absolute atomic E-state index is 12.2. The number of anilines is 1. The summed E-state index contributed by atoms with van der Waals surface area (Å²) >= 11 is 2.92. The van der Waals surface area contributed by atoms with E-state index in [9.17, 15) is 4.79 Å². The van der Waals surface area contributed by atoms with Gasteiger partial charge in [0.05, 0.1) is 6.04 Å². The average molecular weight is 310 g/mol. The molecule has 2 aromatic heterocycles. The molecule has 1 unspecified atom stereocenters. The van der Waals surface area contributed by atoms with E-state index in [0.717, 1.165) is 11.4 Å². The molecule has 7 heteroatoms. The van der Waals surface area contributed by atoms with Gasteiger partial charge in [-0.15, -0.1) is 21.5 Å². The zero-order valence-corrected chi connectivity index (χ0v) is 13.3. The predicted molar refractivity (Wildman–Crippen MR) is 83.4 cm³/mol. The Hall–Kier alpha value is -1.47. The summed E-state index contributed by atoms with van der Waals surface area (Å²) in [6.45, 7) is 6.93.